The summed E-state index contributed by atoms with van der Waals surface area (Å²) in [6.07, 6.45) is 0.701. The van der Waals surface area contributed by atoms with Crippen molar-refractivity contribution in [3.05, 3.63) is 82.3 Å². The summed E-state index contributed by atoms with van der Waals surface area (Å²) in [6.45, 7) is 3.01. The van der Waals surface area contributed by atoms with Crippen LogP contribution in [-0.2, 0) is 16.4 Å². The van der Waals surface area contributed by atoms with Crippen molar-refractivity contribution in [2.75, 3.05) is 41.9 Å². The number of hydrogen-bond acceptors (Lipinski definition) is 6. The van der Waals surface area contributed by atoms with Crippen molar-refractivity contribution in [2.45, 2.75) is 11.3 Å². The molecule has 1 amide bonds. The summed E-state index contributed by atoms with van der Waals surface area (Å²) in [5.74, 6) is -0.0849. The van der Waals surface area contributed by atoms with Crippen LogP contribution in [0.15, 0.2) is 76.1 Å². The molecule has 2 aliphatic rings. The van der Waals surface area contributed by atoms with Gasteiger partial charge >= 0.3 is 0 Å². The molecule has 7 nitrogen and oxygen atoms in total. The Balaban J connectivity index is 1.13. The summed E-state index contributed by atoms with van der Waals surface area (Å²) in [4.78, 5) is 22.1. The topological polar surface area (TPSA) is 73.8 Å². The predicted octanol–water partition coefficient (Wildman–Crippen LogP) is 4.77. The third kappa shape index (κ3) is 4.16. The van der Waals surface area contributed by atoms with E-state index in [1.165, 1.54) is 4.31 Å². The van der Waals surface area contributed by atoms with Gasteiger partial charge in [0.15, 0.2) is 5.13 Å². The van der Waals surface area contributed by atoms with Gasteiger partial charge in [-0.05, 0) is 60.5 Å². The van der Waals surface area contributed by atoms with Crippen LogP contribution in [0.1, 0.15) is 15.9 Å². The molecule has 0 spiro atoms. The van der Waals surface area contributed by atoms with Crippen molar-refractivity contribution < 1.29 is 13.2 Å². The largest absolute Gasteiger partial charge is 0.345 e. The molecular weight excluding hydrogens is 560 g/mol. The Morgan fingerprint density at radius 1 is 0.917 bits per heavy atom. The first-order chi connectivity index (χ1) is 17.4. The van der Waals surface area contributed by atoms with Gasteiger partial charge in [0.1, 0.15) is 0 Å². The average molecular weight is 584 g/mol. The van der Waals surface area contributed by atoms with E-state index in [2.05, 4.69) is 26.9 Å². The Kier molecular flexibility index (Phi) is 5.97. The standard InChI is InChI=1S/C26H23BrN4O3S2/c27-20-7-10-22-24(17-20)35-26(28-22)30-15-13-29(14-16-30)25(32)19-5-8-21(9-6-19)36(33,34)31-12-11-18-3-1-2-4-23(18)31/h1-10,17H,11-16H2. The summed E-state index contributed by atoms with van der Waals surface area (Å²) >= 11 is 5.16. The number of amides is 1. The van der Waals surface area contributed by atoms with E-state index in [1.807, 2.05) is 41.3 Å². The van der Waals surface area contributed by atoms with Gasteiger partial charge in [0, 0.05) is 42.8 Å². The average Bonchev–Trinajstić information content (AvgIpc) is 3.53. The minimum absolute atomic E-state index is 0.0849. The molecule has 10 heteroatoms. The normalized spacial score (nSPS) is 16.0. The summed E-state index contributed by atoms with van der Waals surface area (Å²) in [7, 11) is -3.68. The Bertz CT molecular complexity index is 1560. The second-order valence-corrected chi connectivity index (χ2v) is 12.7. The third-order valence-electron chi connectivity index (χ3n) is 6.71. The molecule has 0 unspecified atom stereocenters. The zero-order chi connectivity index (χ0) is 24.9. The number of aromatic nitrogens is 1. The molecule has 0 saturated carbocycles. The highest BCUT2D eigenvalue weighted by atomic mass is 79.9. The molecule has 4 aromatic rings. The maximum Gasteiger partial charge on any atom is 0.264 e. The Labute approximate surface area is 222 Å². The van der Waals surface area contributed by atoms with Crippen molar-refractivity contribution >= 4 is 64.2 Å². The highest BCUT2D eigenvalue weighted by Gasteiger charge is 2.31. The maximum absolute atomic E-state index is 13.3. The predicted molar refractivity (Wildman–Crippen MR) is 147 cm³/mol. The number of hydrogen-bond donors (Lipinski definition) is 0. The minimum atomic E-state index is -3.68. The van der Waals surface area contributed by atoms with E-state index >= 15 is 0 Å². The first-order valence-corrected chi connectivity index (χ1v) is 14.8. The van der Waals surface area contributed by atoms with Gasteiger partial charge in [-0.1, -0.05) is 45.5 Å². The van der Waals surface area contributed by atoms with Gasteiger partial charge in [0.25, 0.3) is 15.9 Å². The van der Waals surface area contributed by atoms with Crippen molar-refractivity contribution in [1.29, 1.82) is 0 Å². The van der Waals surface area contributed by atoms with Crippen LogP contribution in [0, 0.1) is 0 Å². The van der Waals surface area contributed by atoms with Crippen molar-refractivity contribution in [1.82, 2.24) is 9.88 Å². The van der Waals surface area contributed by atoms with E-state index in [0.29, 0.717) is 44.7 Å². The van der Waals surface area contributed by atoms with Gasteiger partial charge in [0.2, 0.25) is 0 Å². The van der Waals surface area contributed by atoms with Gasteiger partial charge in [0.05, 0.1) is 20.8 Å². The lowest BCUT2D eigenvalue weighted by Gasteiger charge is -2.34. The number of carbonyl (C=O) groups is 1. The summed E-state index contributed by atoms with van der Waals surface area (Å²) in [5, 5.41) is 0.966. The Hall–Kier alpha value is -2.95. The molecule has 0 aliphatic carbocycles. The number of thiazole rings is 1. The van der Waals surface area contributed by atoms with Crippen LogP contribution in [-0.4, -0.2) is 56.9 Å². The van der Waals surface area contributed by atoms with Crippen molar-refractivity contribution in [3.63, 3.8) is 0 Å². The van der Waals surface area contributed by atoms with Crippen LogP contribution >= 0.6 is 27.3 Å². The highest BCUT2D eigenvalue weighted by molar-refractivity contribution is 9.10. The van der Waals surface area contributed by atoms with E-state index in [4.69, 9.17) is 4.98 Å². The van der Waals surface area contributed by atoms with E-state index in [1.54, 1.807) is 35.6 Å². The summed E-state index contributed by atoms with van der Waals surface area (Å²) < 4.78 is 30.1. The van der Waals surface area contributed by atoms with E-state index in [0.717, 1.165) is 31.1 Å². The van der Waals surface area contributed by atoms with Crippen LogP contribution in [0.2, 0.25) is 0 Å². The Morgan fingerprint density at radius 3 is 2.44 bits per heavy atom. The second kappa shape index (κ2) is 9.17. The quantitative estimate of drug-likeness (QED) is 0.346. The lowest BCUT2D eigenvalue weighted by Crippen LogP contribution is -2.48. The fraction of sp³-hybridized carbons (Fsp3) is 0.231. The molecule has 1 saturated heterocycles. The molecular formula is C26H23BrN4O3S2. The number of fused-ring (bicyclic) bond motifs is 2. The van der Waals surface area contributed by atoms with Gasteiger partial charge < -0.3 is 9.80 Å². The van der Waals surface area contributed by atoms with Gasteiger partial charge in [-0.15, -0.1) is 0 Å². The van der Waals surface area contributed by atoms with Gasteiger partial charge in [-0.2, -0.15) is 0 Å². The van der Waals surface area contributed by atoms with Crippen LogP contribution in [0.4, 0.5) is 10.8 Å². The number of halogens is 1. The minimum Gasteiger partial charge on any atom is -0.345 e. The van der Waals surface area contributed by atoms with Crippen molar-refractivity contribution in [3.8, 4) is 0 Å². The lowest BCUT2D eigenvalue weighted by molar-refractivity contribution is 0.0746. The molecule has 0 atom stereocenters. The number of anilines is 2. The third-order valence-corrected chi connectivity index (χ3v) is 10.1. The molecule has 3 heterocycles. The fourth-order valence-corrected chi connectivity index (χ4v) is 7.83. The number of para-hydroxylation sites is 1. The summed E-state index contributed by atoms with van der Waals surface area (Å²) in [5.41, 5.74) is 3.24. The zero-order valence-electron chi connectivity index (χ0n) is 19.3. The number of nitrogens with zero attached hydrogens (tertiary/aromatic N) is 4. The van der Waals surface area contributed by atoms with Gasteiger partial charge in [-0.3, -0.25) is 9.10 Å². The molecule has 36 heavy (non-hydrogen) atoms. The van der Waals surface area contributed by atoms with E-state index in [9.17, 15) is 13.2 Å². The van der Waals surface area contributed by atoms with Crippen molar-refractivity contribution in [2.24, 2.45) is 0 Å². The molecule has 0 bridgehead atoms. The molecule has 1 fully saturated rings. The molecule has 6 rings (SSSR count). The maximum atomic E-state index is 13.3. The van der Waals surface area contributed by atoms with Crippen LogP contribution in [0.25, 0.3) is 10.2 Å². The van der Waals surface area contributed by atoms with Crippen LogP contribution in [0.3, 0.4) is 0 Å². The number of piperazine rings is 1. The molecule has 1 aromatic heterocycles. The first kappa shape index (κ1) is 23.4. The first-order valence-electron chi connectivity index (χ1n) is 11.7. The van der Waals surface area contributed by atoms with Crippen LogP contribution in [0.5, 0.6) is 0 Å². The van der Waals surface area contributed by atoms with Crippen LogP contribution < -0.4 is 9.21 Å². The second-order valence-electron chi connectivity index (χ2n) is 8.87. The SMILES string of the molecule is O=C(c1ccc(S(=O)(=O)N2CCc3ccccc32)cc1)N1CCN(c2nc3ccc(Br)cc3s2)CC1. The number of sulfonamides is 1. The highest BCUT2D eigenvalue weighted by Crippen LogP contribution is 2.33. The van der Waals surface area contributed by atoms with Gasteiger partial charge in [-0.25, -0.2) is 13.4 Å². The number of rotatable bonds is 4. The zero-order valence-corrected chi connectivity index (χ0v) is 22.5. The lowest BCUT2D eigenvalue weighted by atomic mass is 10.2. The Morgan fingerprint density at radius 2 is 1.67 bits per heavy atom. The van der Waals surface area contributed by atoms with E-state index < -0.39 is 10.0 Å². The molecule has 184 valence electrons. The molecule has 2 aliphatic heterocycles. The smallest absolute Gasteiger partial charge is 0.264 e. The van der Waals surface area contributed by atoms with E-state index in [-0.39, 0.29) is 10.8 Å². The monoisotopic (exact) mass is 582 g/mol. The molecule has 3 aromatic carbocycles. The molecule has 0 radical (unpaired) electrons. The number of benzene rings is 3. The summed E-state index contributed by atoms with van der Waals surface area (Å²) in [6, 6.07) is 20.0. The number of carbonyl (C=O) groups excluding carboxylic acids is 1. The molecule has 0 N–H and O–H groups in total. The fourth-order valence-electron chi connectivity index (χ4n) is 4.76.